The number of rotatable bonds is 5. The lowest BCUT2D eigenvalue weighted by Crippen LogP contribution is -2.43. The van der Waals surface area contributed by atoms with Crippen molar-refractivity contribution < 1.29 is 4.79 Å². The van der Waals surface area contributed by atoms with Gasteiger partial charge in [0.2, 0.25) is 5.91 Å². The zero-order chi connectivity index (χ0) is 21.9. The molecule has 2 aromatic carbocycles. The summed E-state index contributed by atoms with van der Waals surface area (Å²) in [4.78, 5) is 19.0. The highest BCUT2D eigenvalue weighted by atomic mass is 16.2. The van der Waals surface area contributed by atoms with E-state index in [9.17, 15) is 4.79 Å². The van der Waals surface area contributed by atoms with E-state index in [0.717, 1.165) is 48.1 Å². The smallest absolute Gasteiger partial charge is 0.243 e. The number of aryl methyl sites for hydroxylation is 1. The van der Waals surface area contributed by atoms with Crippen LogP contribution < -0.4 is 5.32 Å². The highest BCUT2D eigenvalue weighted by Gasteiger charge is 2.35. The van der Waals surface area contributed by atoms with Crippen molar-refractivity contribution >= 4 is 16.9 Å². The Bertz CT molecular complexity index is 1070. The van der Waals surface area contributed by atoms with Gasteiger partial charge >= 0.3 is 0 Å². The third kappa shape index (κ3) is 4.32. The standard InChI is InChI=1S/C28H35N3O/c1-20-11-10-14-22(19-20)27-30-24-17-8-9-18-25(24)31(27)26(21-12-4-2-5-13-21)28(32)29-23-15-6-3-7-16-23/h8-11,14,17-19,21,23,26H,2-7,12-13,15-16H2,1H3,(H,29,32). The van der Waals surface area contributed by atoms with E-state index in [4.69, 9.17) is 4.98 Å². The second-order valence-electron chi connectivity index (χ2n) is 9.85. The maximum absolute atomic E-state index is 13.9. The molecule has 0 saturated heterocycles. The summed E-state index contributed by atoms with van der Waals surface area (Å²) >= 11 is 0. The number of amides is 1. The van der Waals surface area contributed by atoms with E-state index in [1.165, 1.54) is 44.1 Å². The van der Waals surface area contributed by atoms with Gasteiger partial charge in [-0.05, 0) is 56.7 Å². The largest absolute Gasteiger partial charge is 0.352 e. The summed E-state index contributed by atoms with van der Waals surface area (Å²) in [5.74, 6) is 1.47. The number of hydrogen-bond acceptors (Lipinski definition) is 2. The van der Waals surface area contributed by atoms with Crippen LogP contribution in [0.1, 0.15) is 75.8 Å². The fourth-order valence-corrected chi connectivity index (χ4v) is 5.84. The van der Waals surface area contributed by atoms with Crippen molar-refractivity contribution in [2.45, 2.75) is 83.2 Å². The van der Waals surface area contributed by atoms with Crippen LogP contribution in [-0.2, 0) is 4.79 Å². The first kappa shape index (κ1) is 21.2. The number of imidazole rings is 1. The zero-order valence-corrected chi connectivity index (χ0v) is 19.2. The number of aromatic nitrogens is 2. The van der Waals surface area contributed by atoms with E-state index >= 15 is 0 Å². The van der Waals surface area contributed by atoms with Gasteiger partial charge in [-0.2, -0.15) is 0 Å². The van der Waals surface area contributed by atoms with Gasteiger partial charge in [-0.3, -0.25) is 4.79 Å². The van der Waals surface area contributed by atoms with Gasteiger partial charge in [0.05, 0.1) is 11.0 Å². The van der Waals surface area contributed by atoms with Crippen LogP contribution in [0.3, 0.4) is 0 Å². The van der Waals surface area contributed by atoms with Crippen molar-refractivity contribution in [2.24, 2.45) is 5.92 Å². The molecule has 1 atom stereocenters. The van der Waals surface area contributed by atoms with E-state index in [0.29, 0.717) is 12.0 Å². The summed E-state index contributed by atoms with van der Waals surface area (Å²) in [6.07, 6.45) is 11.9. The van der Waals surface area contributed by atoms with Crippen LogP contribution in [0.2, 0.25) is 0 Å². The van der Waals surface area contributed by atoms with Crippen LogP contribution in [0.25, 0.3) is 22.4 Å². The van der Waals surface area contributed by atoms with Gasteiger partial charge in [0.15, 0.2) is 0 Å². The lowest BCUT2D eigenvalue weighted by molar-refractivity contribution is -0.127. The van der Waals surface area contributed by atoms with Crippen molar-refractivity contribution in [1.29, 1.82) is 0 Å². The average molecular weight is 430 g/mol. The Kier molecular flexibility index (Phi) is 6.29. The van der Waals surface area contributed by atoms with E-state index in [-0.39, 0.29) is 11.9 Å². The van der Waals surface area contributed by atoms with Gasteiger partial charge in [-0.25, -0.2) is 4.98 Å². The molecular weight excluding hydrogens is 394 g/mol. The normalized spacial score (nSPS) is 19.2. The van der Waals surface area contributed by atoms with Crippen LogP contribution in [0.5, 0.6) is 0 Å². The van der Waals surface area contributed by atoms with Crippen LogP contribution >= 0.6 is 0 Å². The second-order valence-corrected chi connectivity index (χ2v) is 9.85. The number of fused-ring (bicyclic) bond motifs is 1. The number of nitrogens with zero attached hydrogens (tertiary/aromatic N) is 2. The maximum Gasteiger partial charge on any atom is 0.243 e. The summed E-state index contributed by atoms with van der Waals surface area (Å²) in [5, 5.41) is 3.47. The molecule has 1 aromatic heterocycles. The van der Waals surface area contributed by atoms with Gasteiger partial charge in [0.25, 0.3) is 0 Å². The molecule has 3 aromatic rings. The first-order chi connectivity index (χ1) is 15.7. The molecule has 2 saturated carbocycles. The van der Waals surface area contributed by atoms with E-state index in [1.807, 2.05) is 6.07 Å². The quantitative estimate of drug-likeness (QED) is 0.498. The SMILES string of the molecule is Cc1cccc(-c2nc3ccccc3n2C(C(=O)NC2CCCCC2)C2CCCCC2)c1. The molecule has 1 N–H and O–H groups in total. The maximum atomic E-state index is 13.9. The molecular formula is C28H35N3O. The Hall–Kier alpha value is -2.62. The molecule has 2 aliphatic rings. The fraction of sp³-hybridized carbons (Fsp3) is 0.500. The van der Waals surface area contributed by atoms with Gasteiger partial charge in [-0.15, -0.1) is 0 Å². The van der Waals surface area contributed by atoms with Crippen molar-refractivity contribution in [3.63, 3.8) is 0 Å². The van der Waals surface area contributed by atoms with Gasteiger partial charge in [0, 0.05) is 11.6 Å². The summed E-state index contributed by atoms with van der Waals surface area (Å²) in [5.41, 5.74) is 4.34. The minimum Gasteiger partial charge on any atom is -0.352 e. The minimum absolute atomic E-state index is 0.195. The first-order valence-electron chi connectivity index (χ1n) is 12.5. The fourth-order valence-electron chi connectivity index (χ4n) is 5.84. The average Bonchev–Trinajstić information content (AvgIpc) is 3.20. The van der Waals surface area contributed by atoms with E-state index < -0.39 is 0 Å². The number of carbonyl (C=O) groups excluding carboxylic acids is 1. The van der Waals surface area contributed by atoms with Crippen LogP contribution in [0.4, 0.5) is 0 Å². The Balaban J connectivity index is 1.61. The predicted octanol–water partition coefficient (Wildman–Crippen LogP) is 6.58. The van der Waals surface area contributed by atoms with Crippen molar-refractivity contribution in [3.8, 4) is 11.4 Å². The molecule has 1 amide bonds. The Morgan fingerprint density at radius 2 is 1.66 bits per heavy atom. The molecule has 0 radical (unpaired) electrons. The topological polar surface area (TPSA) is 46.9 Å². The predicted molar refractivity (Wildman–Crippen MR) is 131 cm³/mol. The van der Waals surface area contributed by atoms with Gasteiger partial charge in [0.1, 0.15) is 11.9 Å². The highest BCUT2D eigenvalue weighted by Crippen LogP contribution is 2.38. The van der Waals surface area contributed by atoms with Crippen LogP contribution in [0, 0.1) is 12.8 Å². The van der Waals surface area contributed by atoms with Crippen molar-refractivity contribution in [2.75, 3.05) is 0 Å². The Morgan fingerprint density at radius 1 is 0.938 bits per heavy atom. The molecule has 5 rings (SSSR count). The summed E-state index contributed by atoms with van der Waals surface area (Å²) < 4.78 is 2.28. The number of benzene rings is 2. The third-order valence-corrected chi connectivity index (χ3v) is 7.47. The monoisotopic (exact) mass is 429 g/mol. The highest BCUT2D eigenvalue weighted by molar-refractivity contribution is 5.87. The summed E-state index contributed by atoms with van der Waals surface area (Å²) in [7, 11) is 0. The lowest BCUT2D eigenvalue weighted by atomic mass is 9.82. The Labute approximate surface area is 191 Å². The Morgan fingerprint density at radius 3 is 2.41 bits per heavy atom. The molecule has 168 valence electrons. The van der Waals surface area contributed by atoms with Crippen molar-refractivity contribution in [1.82, 2.24) is 14.9 Å². The van der Waals surface area contributed by atoms with Gasteiger partial charge in [-0.1, -0.05) is 74.4 Å². The lowest BCUT2D eigenvalue weighted by Gasteiger charge is -2.33. The number of para-hydroxylation sites is 2. The molecule has 4 nitrogen and oxygen atoms in total. The van der Waals surface area contributed by atoms with Crippen molar-refractivity contribution in [3.05, 3.63) is 54.1 Å². The molecule has 0 spiro atoms. The molecule has 2 fully saturated rings. The second kappa shape index (κ2) is 9.48. The number of hydrogen-bond donors (Lipinski definition) is 1. The molecule has 0 bridgehead atoms. The van der Waals surface area contributed by atoms with E-state index in [1.54, 1.807) is 0 Å². The third-order valence-electron chi connectivity index (χ3n) is 7.47. The molecule has 32 heavy (non-hydrogen) atoms. The molecule has 1 unspecified atom stereocenters. The molecule has 0 aliphatic heterocycles. The van der Waals surface area contributed by atoms with Crippen LogP contribution in [-0.4, -0.2) is 21.5 Å². The zero-order valence-electron chi connectivity index (χ0n) is 19.2. The van der Waals surface area contributed by atoms with E-state index in [2.05, 4.69) is 59.3 Å². The molecule has 4 heteroatoms. The summed E-state index contributed by atoms with van der Waals surface area (Å²) in [6, 6.07) is 16.9. The number of carbonyl (C=O) groups is 1. The first-order valence-corrected chi connectivity index (χ1v) is 12.5. The van der Waals surface area contributed by atoms with Crippen LogP contribution in [0.15, 0.2) is 48.5 Å². The number of nitrogens with one attached hydrogen (secondary N) is 1. The minimum atomic E-state index is -0.208. The molecule has 2 aliphatic carbocycles. The van der Waals surface area contributed by atoms with Gasteiger partial charge < -0.3 is 9.88 Å². The summed E-state index contributed by atoms with van der Waals surface area (Å²) in [6.45, 7) is 2.12. The molecule has 1 heterocycles.